The molecule has 1 aromatic carbocycles. The van der Waals surface area contributed by atoms with Crippen LogP contribution in [0.1, 0.15) is 11.9 Å². The van der Waals surface area contributed by atoms with E-state index in [1.54, 1.807) is 0 Å². The van der Waals surface area contributed by atoms with Gasteiger partial charge in [-0.1, -0.05) is 19.1 Å². The predicted molar refractivity (Wildman–Crippen MR) is 72.4 cm³/mol. The van der Waals surface area contributed by atoms with E-state index in [9.17, 15) is 0 Å². The molecular weight excluding hydrogens is 230 g/mol. The molecule has 2 heterocycles. The number of benzene rings is 1. The zero-order valence-corrected chi connectivity index (χ0v) is 10.8. The van der Waals surface area contributed by atoms with Crippen molar-refractivity contribution in [3.05, 3.63) is 29.3 Å². The zero-order valence-electron chi connectivity index (χ0n) is 10.0. The molecule has 0 aliphatic carbocycles. The summed E-state index contributed by atoms with van der Waals surface area (Å²) in [6, 6.07) is 9.08. The van der Waals surface area contributed by atoms with Crippen LogP contribution in [0.3, 0.4) is 0 Å². The number of aromatic nitrogens is 1. The summed E-state index contributed by atoms with van der Waals surface area (Å²) in [4.78, 5) is 7.21. The van der Waals surface area contributed by atoms with Gasteiger partial charge in [0.1, 0.15) is 5.01 Å². The first-order valence-electron chi connectivity index (χ1n) is 6.16. The van der Waals surface area contributed by atoms with Crippen LogP contribution in [0.5, 0.6) is 0 Å². The Morgan fingerprint density at radius 1 is 1.41 bits per heavy atom. The lowest BCUT2D eigenvalue weighted by molar-refractivity contribution is 0.145. The van der Waals surface area contributed by atoms with Gasteiger partial charge >= 0.3 is 0 Å². The van der Waals surface area contributed by atoms with E-state index in [1.807, 2.05) is 11.3 Å². The molecule has 0 unspecified atom stereocenters. The maximum Gasteiger partial charge on any atom is 0.108 e. The topological polar surface area (TPSA) is 28.2 Å². The van der Waals surface area contributed by atoms with Crippen molar-refractivity contribution in [1.29, 1.82) is 0 Å². The van der Waals surface area contributed by atoms with E-state index in [4.69, 9.17) is 4.98 Å². The monoisotopic (exact) mass is 247 g/mol. The molecule has 1 N–H and O–H groups in total. The molecule has 1 aliphatic heterocycles. The van der Waals surface area contributed by atoms with Gasteiger partial charge in [0.25, 0.3) is 0 Å². The molecule has 3 nitrogen and oxygen atoms in total. The van der Waals surface area contributed by atoms with Gasteiger partial charge in [0.15, 0.2) is 0 Å². The summed E-state index contributed by atoms with van der Waals surface area (Å²) in [6.07, 6.45) is 0. The third-order valence-corrected chi connectivity index (χ3v) is 4.38. The Morgan fingerprint density at radius 2 is 2.24 bits per heavy atom. The number of rotatable bonds is 4. The fourth-order valence-corrected chi connectivity index (χ4v) is 3.19. The number of hydrogen-bond donors (Lipinski definition) is 1. The Hall–Kier alpha value is -0.970. The van der Waals surface area contributed by atoms with Crippen LogP contribution in [-0.2, 0) is 6.54 Å². The molecule has 1 aromatic heterocycles. The highest BCUT2D eigenvalue weighted by Crippen LogP contribution is 2.23. The van der Waals surface area contributed by atoms with Crippen molar-refractivity contribution in [2.45, 2.75) is 19.5 Å². The van der Waals surface area contributed by atoms with E-state index in [0.29, 0.717) is 6.04 Å². The number of fused-ring (bicyclic) bond motifs is 1. The second kappa shape index (κ2) is 4.72. The maximum absolute atomic E-state index is 4.70. The molecule has 0 bridgehead atoms. The first-order valence-corrected chi connectivity index (χ1v) is 6.97. The third-order valence-electron chi connectivity index (χ3n) is 3.36. The fraction of sp³-hybridized carbons (Fsp3) is 0.462. The molecule has 0 atom stereocenters. The largest absolute Gasteiger partial charge is 0.314 e. The minimum absolute atomic E-state index is 0.701. The van der Waals surface area contributed by atoms with E-state index >= 15 is 0 Å². The van der Waals surface area contributed by atoms with Gasteiger partial charge in [-0.2, -0.15) is 0 Å². The van der Waals surface area contributed by atoms with Crippen molar-refractivity contribution in [2.75, 3.05) is 19.6 Å². The molecule has 0 spiro atoms. The van der Waals surface area contributed by atoms with Gasteiger partial charge < -0.3 is 5.32 Å². The molecule has 2 aromatic rings. The summed E-state index contributed by atoms with van der Waals surface area (Å²) in [5.74, 6) is 0. The summed E-state index contributed by atoms with van der Waals surface area (Å²) in [7, 11) is 0. The molecule has 1 aliphatic rings. The highest BCUT2D eigenvalue weighted by atomic mass is 32.1. The van der Waals surface area contributed by atoms with Crippen molar-refractivity contribution < 1.29 is 0 Å². The lowest BCUT2D eigenvalue weighted by atomic mass is 10.1. The Morgan fingerprint density at radius 3 is 2.88 bits per heavy atom. The van der Waals surface area contributed by atoms with Crippen LogP contribution in [-0.4, -0.2) is 35.6 Å². The van der Waals surface area contributed by atoms with Gasteiger partial charge in [-0.25, -0.2) is 4.98 Å². The van der Waals surface area contributed by atoms with Gasteiger partial charge in [0, 0.05) is 19.1 Å². The highest BCUT2D eigenvalue weighted by Gasteiger charge is 2.23. The quantitative estimate of drug-likeness (QED) is 0.896. The molecule has 1 saturated heterocycles. The first-order chi connectivity index (χ1) is 8.36. The molecule has 1 fully saturated rings. The van der Waals surface area contributed by atoms with Gasteiger partial charge in [-0.15, -0.1) is 11.3 Å². The van der Waals surface area contributed by atoms with Gasteiger partial charge in [0.05, 0.1) is 16.8 Å². The normalized spacial score (nSPS) is 16.6. The van der Waals surface area contributed by atoms with Crippen LogP contribution >= 0.6 is 11.3 Å². The average Bonchev–Trinajstić information content (AvgIpc) is 2.67. The van der Waals surface area contributed by atoms with Crippen LogP contribution in [0, 0.1) is 0 Å². The Bertz CT molecular complexity index is 471. The number of thiazole rings is 1. The molecule has 4 heteroatoms. The molecule has 3 rings (SSSR count). The van der Waals surface area contributed by atoms with Crippen LogP contribution in [0.25, 0.3) is 10.2 Å². The number of nitrogens with zero attached hydrogens (tertiary/aromatic N) is 2. The Kier molecular flexibility index (Phi) is 3.09. The van der Waals surface area contributed by atoms with Gasteiger partial charge in [-0.05, 0) is 18.7 Å². The second-order valence-electron chi connectivity index (χ2n) is 4.45. The average molecular weight is 247 g/mol. The molecule has 0 radical (unpaired) electrons. The number of likely N-dealkylation sites (N-methyl/N-ethyl adjacent to an activating group) is 1. The van der Waals surface area contributed by atoms with Crippen molar-refractivity contribution >= 4 is 21.6 Å². The highest BCUT2D eigenvalue weighted by molar-refractivity contribution is 7.18. The Balaban J connectivity index is 1.78. The molecule has 17 heavy (non-hydrogen) atoms. The van der Waals surface area contributed by atoms with Crippen LogP contribution in [0.15, 0.2) is 24.3 Å². The molecule has 0 amide bonds. The van der Waals surface area contributed by atoms with Gasteiger partial charge in [-0.3, -0.25) is 4.90 Å². The van der Waals surface area contributed by atoms with Crippen molar-refractivity contribution in [3.8, 4) is 0 Å². The summed E-state index contributed by atoms with van der Waals surface area (Å²) in [6.45, 7) is 6.56. The van der Waals surface area contributed by atoms with Gasteiger partial charge in [0.2, 0.25) is 0 Å². The van der Waals surface area contributed by atoms with E-state index in [2.05, 4.69) is 41.4 Å². The fourth-order valence-electron chi connectivity index (χ4n) is 2.19. The lowest BCUT2D eigenvalue weighted by Crippen LogP contribution is -2.56. The van der Waals surface area contributed by atoms with E-state index in [0.717, 1.165) is 31.7 Å². The van der Waals surface area contributed by atoms with Crippen molar-refractivity contribution in [1.82, 2.24) is 15.2 Å². The van der Waals surface area contributed by atoms with Crippen molar-refractivity contribution in [3.63, 3.8) is 0 Å². The standard InChI is InChI=1S/C13H17N3S/c1-2-16(10-7-14-8-10)9-13-15-11-5-3-4-6-12(11)17-13/h3-6,10,14H,2,7-9H2,1H3. The van der Waals surface area contributed by atoms with E-state index < -0.39 is 0 Å². The lowest BCUT2D eigenvalue weighted by Gasteiger charge is -2.37. The second-order valence-corrected chi connectivity index (χ2v) is 5.57. The summed E-state index contributed by atoms with van der Waals surface area (Å²) >= 11 is 1.82. The number of nitrogens with one attached hydrogen (secondary N) is 1. The summed E-state index contributed by atoms with van der Waals surface area (Å²) in [5, 5.41) is 4.57. The smallest absolute Gasteiger partial charge is 0.108 e. The minimum atomic E-state index is 0.701. The van der Waals surface area contributed by atoms with E-state index in [-0.39, 0.29) is 0 Å². The molecular formula is C13H17N3S. The van der Waals surface area contributed by atoms with Crippen LogP contribution < -0.4 is 5.32 Å². The molecule has 0 saturated carbocycles. The van der Waals surface area contributed by atoms with Crippen LogP contribution in [0.2, 0.25) is 0 Å². The number of hydrogen-bond acceptors (Lipinski definition) is 4. The predicted octanol–water partition coefficient (Wildman–Crippen LogP) is 2.09. The third kappa shape index (κ3) is 2.20. The maximum atomic E-state index is 4.70. The number of para-hydroxylation sites is 1. The Labute approximate surface area is 105 Å². The van der Waals surface area contributed by atoms with Crippen LogP contribution in [0.4, 0.5) is 0 Å². The molecule has 90 valence electrons. The van der Waals surface area contributed by atoms with Crippen molar-refractivity contribution in [2.24, 2.45) is 0 Å². The SMILES string of the molecule is CCN(Cc1nc2ccccc2s1)C1CNC1. The minimum Gasteiger partial charge on any atom is -0.314 e. The summed E-state index contributed by atoms with van der Waals surface area (Å²) < 4.78 is 1.30. The first kappa shape index (κ1) is 11.1. The van der Waals surface area contributed by atoms with E-state index in [1.165, 1.54) is 9.71 Å². The summed E-state index contributed by atoms with van der Waals surface area (Å²) in [5.41, 5.74) is 1.13. The zero-order chi connectivity index (χ0) is 11.7.